The summed E-state index contributed by atoms with van der Waals surface area (Å²) in [6, 6.07) is 13.2. The molecule has 1 heterocycles. The van der Waals surface area contributed by atoms with Crippen molar-refractivity contribution >= 4 is 37.5 Å². The number of benzene rings is 2. The van der Waals surface area contributed by atoms with Crippen LogP contribution in [0.15, 0.2) is 55.9 Å². The standard InChI is InChI=1S/C14H9Br2N3O/c15-9-3-1-2-8(6-9)13-18-14(20-19-13)11-5-4-10(16)7-12(11)17/h1-7H,17H2. The zero-order chi connectivity index (χ0) is 14.1. The third kappa shape index (κ3) is 2.62. The van der Waals surface area contributed by atoms with Crippen molar-refractivity contribution in [1.82, 2.24) is 10.1 Å². The van der Waals surface area contributed by atoms with E-state index in [1.165, 1.54) is 0 Å². The molecule has 0 saturated carbocycles. The maximum Gasteiger partial charge on any atom is 0.260 e. The molecule has 0 spiro atoms. The molecule has 0 aliphatic heterocycles. The van der Waals surface area contributed by atoms with Crippen LogP contribution in [-0.4, -0.2) is 10.1 Å². The summed E-state index contributed by atoms with van der Waals surface area (Å²) in [7, 11) is 0. The SMILES string of the molecule is Nc1cc(Br)ccc1-c1nc(-c2cccc(Br)c2)no1. The Morgan fingerprint density at radius 2 is 1.80 bits per heavy atom. The number of halogens is 2. The van der Waals surface area contributed by atoms with Crippen molar-refractivity contribution in [3.63, 3.8) is 0 Å². The molecule has 0 bridgehead atoms. The third-order valence-corrected chi connectivity index (χ3v) is 3.74. The summed E-state index contributed by atoms with van der Waals surface area (Å²) in [4.78, 5) is 4.39. The molecule has 1 aromatic heterocycles. The lowest BCUT2D eigenvalue weighted by Crippen LogP contribution is -1.90. The van der Waals surface area contributed by atoms with Gasteiger partial charge < -0.3 is 10.3 Å². The van der Waals surface area contributed by atoms with E-state index in [1.54, 1.807) is 6.07 Å². The van der Waals surface area contributed by atoms with Crippen LogP contribution >= 0.6 is 31.9 Å². The van der Waals surface area contributed by atoms with Crippen LogP contribution in [0.3, 0.4) is 0 Å². The van der Waals surface area contributed by atoms with Gasteiger partial charge in [-0.05, 0) is 30.3 Å². The molecular formula is C14H9Br2N3O. The van der Waals surface area contributed by atoms with Crippen LogP contribution in [0.2, 0.25) is 0 Å². The first kappa shape index (κ1) is 13.3. The van der Waals surface area contributed by atoms with E-state index in [9.17, 15) is 0 Å². The van der Waals surface area contributed by atoms with Crippen LogP contribution in [0.4, 0.5) is 5.69 Å². The molecular weight excluding hydrogens is 386 g/mol. The van der Waals surface area contributed by atoms with E-state index in [0.717, 1.165) is 20.1 Å². The Balaban J connectivity index is 2.02. The van der Waals surface area contributed by atoms with E-state index >= 15 is 0 Å². The first-order chi connectivity index (χ1) is 9.63. The van der Waals surface area contributed by atoms with Crippen LogP contribution < -0.4 is 5.73 Å². The molecule has 4 nitrogen and oxygen atoms in total. The lowest BCUT2D eigenvalue weighted by atomic mass is 10.2. The van der Waals surface area contributed by atoms with Crippen LogP contribution in [0.5, 0.6) is 0 Å². The van der Waals surface area contributed by atoms with Gasteiger partial charge >= 0.3 is 0 Å². The van der Waals surface area contributed by atoms with E-state index in [-0.39, 0.29) is 0 Å². The summed E-state index contributed by atoms with van der Waals surface area (Å²) in [6.07, 6.45) is 0. The van der Waals surface area contributed by atoms with Crippen molar-refractivity contribution in [2.45, 2.75) is 0 Å². The molecule has 0 fully saturated rings. The van der Waals surface area contributed by atoms with Crippen molar-refractivity contribution in [3.05, 3.63) is 51.4 Å². The van der Waals surface area contributed by atoms with Gasteiger partial charge in [-0.15, -0.1) is 0 Å². The molecule has 0 amide bonds. The minimum atomic E-state index is 0.407. The summed E-state index contributed by atoms with van der Waals surface area (Å²) in [5.74, 6) is 0.939. The van der Waals surface area contributed by atoms with Crippen LogP contribution in [-0.2, 0) is 0 Å². The predicted octanol–water partition coefficient (Wildman–Crippen LogP) is 4.51. The van der Waals surface area contributed by atoms with Gasteiger partial charge in [-0.3, -0.25) is 0 Å². The first-order valence-corrected chi connectivity index (χ1v) is 7.37. The Hall–Kier alpha value is -1.66. The average Bonchev–Trinajstić information content (AvgIpc) is 2.88. The molecule has 0 aliphatic rings. The van der Waals surface area contributed by atoms with Gasteiger partial charge in [-0.25, -0.2) is 0 Å². The molecule has 2 N–H and O–H groups in total. The lowest BCUT2D eigenvalue weighted by molar-refractivity contribution is 0.432. The van der Waals surface area contributed by atoms with Gasteiger partial charge in [0.2, 0.25) is 5.82 Å². The average molecular weight is 395 g/mol. The monoisotopic (exact) mass is 393 g/mol. The zero-order valence-electron chi connectivity index (χ0n) is 10.2. The Labute approximate surface area is 132 Å². The van der Waals surface area contributed by atoms with Gasteiger partial charge in [0, 0.05) is 20.2 Å². The van der Waals surface area contributed by atoms with E-state index in [2.05, 4.69) is 42.0 Å². The number of hydrogen-bond acceptors (Lipinski definition) is 4. The van der Waals surface area contributed by atoms with E-state index in [1.807, 2.05) is 36.4 Å². The molecule has 3 aromatic rings. The number of nitrogens with two attached hydrogens (primary N) is 1. The van der Waals surface area contributed by atoms with Gasteiger partial charge in [-0.1, -0.05) is 49.1 Å². The van der Waals surface area contributed by atoms with Gasteiger partial charge in [0.15, 0.2) is 0 Å². The minimum absolute atomic E-state index is 0.407. The number of anilines is 1. The van der Waals surface area contributed by atoms with Crippen molar-refractivity contribution < 1.29 is 4.52 Å². The lowest BCUT2D eigenvalue weighted by Gasteiger charge is -2.00. The fourth-order valence-corrected chi connectivity index (χ4v) is 2.58. The molecule has 6 heteroatoms. The normalized spacial score (nSPS) is 10.7. The Bertz CT molecular complexity index is 771. The number of nitrogen functional groups attached to an aromatic ring is 1. The molecule has 2 aromatic carbocycles. The van der Waals surface area contributed by atoms with Gasteiger partial charge in [0.25, 0.3) is 5.89 Å². The second-order valence-electron chi connectivity index (χ2n) is 4.17. The fraction of sp³-hybridized carbons (Fsp3) is 0. The van der Waals surface area contributed by atoms with Gasteiger partial charge in [0.1, 0.15) is 0 Å². The Kier molecular flexibility index (Phi) is 3.58. The van der Waals surface area contributed by atoms with E-state index < -0.39 is 0 Å². The first-order valence-electron chi connectivity index (χ1n) is 5.78. The minimum Gasteiger partial charge on any atom is -0.398 e. The summed E-state index contributed by atoms with van der Waals surface area (Å²) in [6.45, 7) is 0. The third-order valence-electron chi connectivity index (χ3n) is 2.75. The molecule has 0 unspecified atom stereocenters. The highest BCUT2D eigenvalue weighted by Crippen LogP contribution is 2.29. The molecule has 0 radical (unpaired) electrons. The van der Waals surface area contributed by atoms with Crippen LogP contribution in [0.25, 0.3) is 22.8 Å². The zero-order valence-corrected chi connectivity index (χ0v) is 13.3. The smallest absolute Gasteiger partial charge is 0.260 e. The summed E-state index contributed by atoms with van der Waals surface area (Å²) >= 11 is 6.79. The number of aromatic nitrogens is 2. The topological polar surface area (TPSA) is 64.9 Å². The molecule has 100 valence electrons. The largest absolute Gasteiger partial charge is 0.398 e. The van der Waals surface area contributed by atoms with E-state index in [4.69, 9.17) is 10.3 Å². The van der Waals surface area contributed by atoms with Crippen molar-refractivity contribution in [3.8, 4) is 22.8 Å². The molecule has 0 aliphatic carbocycles. The van der Waals surface area contributed by atoms with E-state index in [0.29, 0.717) is 17.4 Å². The highest BCUT2D eigenvalue weighted by atomic mass is 79.9. The maximum absolute atomic E-state index is 5.96. The Morgan fingerprint density at radius 1 is 1.00 bits per heavy atom. The molecule has 3 rings (SSSR count). The second-order valence-corrected chi connectivity index (χ2v) is 6.00. The second kappa shape index (κ2) is 5.38. The maximum atomic E-state index is 5.96. The molecule has 20 heavy (non-hydrogen) atoms. The van der Waals surface area contributed by atoms with Crippen molar-refractivity contribution in [1.29, 1.82) is 0 Å². The summed E-state index contributed by atoms with van der Waals surface area (Å²) < 4.78 is 7.16. The highest BCUT2D eigenvalue weighted by molar-refractivity contribution is 9.10. The number of rotatable bonds is 2. The number of hydrogen-bond donors (Lipinski definition) is 1. The number of nitrogens with zero attached hydrogens (tertiary/aromatic N) is 2. The van der Waals surface area contributed by atoms with Gasteiger partial charge in [0.05, 0.1) is 5.56 Å². The quantitative estimate of drug-likeness (QED) is 0.649. The summed E-state index contributed by atoms with van der Waals surface area (Å²) in [5, 5.41) is 3.99. The molecule has 0 atom stereocenters. The predicted molar refractivity (Wildman–Crippen MR) is 85.0 cm³/mol. The summed E-state index contributed by atoms with van der Waals surface area (Å²) in [5.41, 5.74) is 8.15. The molecule has 0 saturated heterocycles. The highest BCUT2D eigenvalue weighted by Gasteiger charge is 2.13. The van der Waals surface area contributed by atoms with Crippen molar-refractivity contribution in [2.24, 2.45) is 0 Å². The van der Waals surface area contributed by atoms with Gasteiger partial charge in [-0.2, -0.15) is 4.98 Å². The fourth-order valence-electron chi connectivity index (χ4n) is 1.81. The van der Waals surface area contributed by atoms with Crippen LogP contribution in [0, 0.1) is 0 Å². The van der Waals surface area contributed by atoms with Crippen molar-refractivity contribution in [2.75, 3.05) is 5.73 Å². The van der Waals surface area contributed by atoms with Crippen LogP contribution in [0.1, 0.15) is 0 Å². The Morgan fingerprint density at radius 3 is 2.55 bits per heavy atom.